The molecule has 0 unspecified atom stereocenters. The van der Waals surface area contributed by atoms with Gasteiger partial charge in [-0.15, -0.1) is 0 Å². The number of hydrogen-bond donors (Lipinski definition) is 0. The molecule has 2 aliphatic rings. The fourth-order valence-corrected chi connectivity index (χ4v) is 4.49. The summed E-state index contributed by atoms with van der Waals surface area (Å²) in [5, 5.41) is 0. The maximum atomic E-state index is 13.1. The quantitative estimate of drug-likeness (QED) is 0.835. The molecule has 142 valence electrons. The number of benzene rings is 1. The number of carbonyl (C=O) groups is 1. The number of likely N-dealkylation sites (tertiary alicyclic amines) is 2. The van der Waals surface area contributed by atoms with Gasteiger partial charge in [0.05, 0.1) is 18.4 Å². The van der Waals surface area contributed by atoms with Crippen molar-refractivity contribution < 1.29 is 9.53 Å². The standard InChI is InChI=1S/C22H27N3O2/c1-27-21-11-3-2-10-19(21)22(26)25-14-17-8-5-7-13-24(20(17)16-25)15-18-9-4-6-12-23-18/h2-4,6,9-12,17,20H,5,7-8,13-16H2,1H3/t17-,20+/m0/s1. The monoisotopic (exact) mass is 365 g/mol. The van der Waals surface area contributed by atoms with Crippen molar-refractivity contribution in [1.82, 2.24) is 14.8 Å². The van der Waals surface area contributed by atoms with E-state index >= 15 is 0 Å². The van der Waals surface area contributed by atoms with Gasteiger partial charge in [0.2, 0.25) is 0 Å². The second kappa shape index (κ2) is 8.09. The van der Waals surface area contributed by atoms with E-state index in [1.807, 2.05) is 47.5 Å². The predicted molar refractivity (Wildman–Crippen MR) is 105 cm³/mol. The third kappa shape index (κ3) is 3.83. The van der Waals surface area contributed by atoms with Crippen LogP contribution in [0.4, 0.5) is 0 Å². The molecule has 5 nitrogen and oxygen atoms in total. The van der Waals surface area contributed by atoms with Crippen molar-refractivity contribution in [1.29, 1.82) is 0 Å². The highest BCUT2D eigenvalue weighted by atomic mass is 16.5. The highest BCUT2D eigenvalue weighted by Crippen LogP contribution is 2.32. The number of pyridine rings is 1. The van der Waals surface area contributed by atoms with Crippen molar-refractivity contribution in [3.05, 3.63) is 59.9 Å². The van der Waals surface area contributed by atoms with Crippen LogP contribution in [-0.4, -0.2) is 53.5 Å². The van der Waals surface area contributed by atoms with Crippen molar-refractivity contribution >= 4 is 5.91 Å². The van der Waals surface area contributed by atoms with Gasteiger partial charge < -0.3 is 9.64 Å². The Hall–Kier alpha value is -2.40. The number of amides is 1. The minimum atomic E-state index is 0.0818. The van der Waals surface area contributed by atoms with E-state index in [9.17, 15) is 4.79 Å². The van der Waals surface area contributed by atoms with Crippen LogP contribution in [0.3, 0.4) is 0 Å². The van der Waals surface area contributed by atoms with E-state index in [4.69, 9.17) is 4.74 Å². The molecule has 0 N–H and O–H groups in total. The van der Waals surface area contributed by atoms with E-state index < -0.39 is 0 Å². The van der Waals surface area contributed by atoms with Crippen molar-refractivity contribution in [3.63, 3.8) is 0 Å². The summed E-state index contributed by atoms with van der Waals surface area (Å²) >= 11 is 0. The maximum Gasteiger partial charge on any atom is 0.257 e. The summed E-state index contributed by atoms with van der Waals surface area (Å²) in [4.78, 5) is 22.2. The molecule has 2 atom stereocenters. The molecule has 4 rings (SSSR count). The highest BCUT2D eigenvalue weighted by molar-refractivity contribution is 5.97. The zero-order valence-corrected chi connectivity index (χ0v) is 15.9. The molecule has 0 spiro atoms. The van der Waals surface area contributed by atoms with Gasteiger partial charge in [0.25, 0.3) is 5.91 Å². The van der Waals surface area contributed by atoms with Gasteiger partial charge >= 0.3 is 0 Å². The summed E-state index contributed by atoms with van der Waals surface area (Å²) in [6.45, 7) is 3.56. The number of para-hydroxylation sites is 1. The lowest BCUT2D eigenvalue weighted by Gasteiger charge is -2.29. The van der Waals surface area contributed by atoms with Crippen molar-refractivity contribution in [2.45, 2.75) is 31.8 Å². The average Bonchev–Trinajstić information content (AvgIpc) is 3.06. The Kier molecular flexibility index (Phi) is 5.39. The summed E-state index contributed by atoms with van der Waals surface area (Å²) < 4.78 is 5.40. The Morgan fingerprint density at radius 2 is 2.00 bits per heavy atom. The van der Waals surface area contributed by atoms with Gasteiger partial charge in [0.15, 0.2) is 0 Å². The summed E-state index contributed by atoms with van der Waals surface area (Å²) in [7, 11) is 1.62. The van der Waals surface area contributed by atoms with Crippen LogP contribution in [0.15, 0.2) is 48.7 Å². The molecule has 2 aromatic rings. The van der Waals surface area contributed by atoms with E-state index in [1.54, 1.807) is 7.11 Å². The second-order valence-corrected chi connectivity index (χ2v) is 7.53. The Morgan fingerprint density at radius 3 is 2.81 bits per heavy atom. The molecule has 5 heteroatoms. The van der Waals surface area contributed by atoms with E-state index in [0.717, 1.165) is 31.9 Å². The predicted octanol–water partition coefficient (Wildman–Crippen LogP) is 3.22. The van der Waals surface area contributed by atoms with Crippen LogP contribution in [0.1, 0.15) is 35.3 Å². The topological polar surface area (TPSA) is 45.7 Å². The molecule has 1 amide bonds. The first-order chi connectivity index (χ1) is 13.3. The van der Waals surface area contributed by atoms with Crippen molar-refractivity contribution in [3.8, 4) is 5.75 Å². The summed E-state index contributed by atoms with van der Waals surface area (Å²) in [5.41, 5.74) is 1.76. The maximum absolute atomic E-state index is 13.1. The number of methoxy groups -OCH3 is 1. The molecule has 0 radical (unpaired) electrons. The zero-order chi connectivity index (χ0) is 18.6. The second-order valence-electron chi connectivity index (χ2n) is 7.53. The van der Waals surface area contributed by atoms with Crippen LogP contribution in [0.5, 0.6) is 5.75 Å². The zero-order valence-electron chi connectivity index (χ0n) is 15.9. The van der Waals surface area contributed by atoms with E-state index in [-0.39, 0.29) is 5.91 Å². The van der Waals surface area contributed by atoms with Gasteiger partial charge in [-0.25, -0.2) is 0 Å². The first-order valence-electron chi connectivity index (χ1n) is 9.82. The van der Waals surface area contributed by atoms with Crippen molar-refractivity contribution in [2.24, 2.45) is 5.92 Å². The van der Waals surface area contributed by atoms with E-state index in [2.05, 4.69) is 16.0 Å². The van der Waals surface area contributed by atoms with Crippen molar-refractivity contribution in [2.75, 3.05) is 26.7 Å². The van der Waals surface area contributed by atoms with E-state index in [1.165, 1.54) is 19.3 Å². The van der Waals surface area contributed by atoms with Crippen LogP contribution >= 0.6 is 0 Å². The lowest BCUT2D eigenvalue weighted by Crippen LogP contribution is -2.40. The molecular weight excluding hydrogens is 338 g/mol. The lowest BCUT2D eigenvalue weighted by atomic mass is 9.98. The van der Waals surface area contributed by atoms with Gasteiger partial charge in [-0.3, -0.25) is 14.7 Å². The summed E-state index contributed by atoms with van der Waals surface area (Å²) in [6, 6.07) is 14.0. The SMILES string of the molecule is COc1ccccc1C(=O)N1C[C@@H]2CCCCN(Cc3ccccn3)[C@@H]2C1. The van der Waals surface area contributed by atoms with Gasteiger partial charge in [0.1, 0.15) is 5.75 Å². The minimum Gasteiger partial charge on any atom is -0.496 e. The molecule has 27 heavy (non-hydrogen) atoms. The van der Waals surface area contributed by atoms with Crippen LogP contribution in [0, 0.1) is 5.92 Å². The van der Waals surface area contributed by atoms with Crippen LogP contribution in [0.25, 0.3) is 0 Å². The Balaban J connectivity index is 1.52. The first-order valence-corrected chi connectivity index (χ1v) is 9.82. The molecule has 1 aromatic carbocycles. The normalized spacial score (nSPS) is 22.9. The summed E-state index contributed by atoms with van der Waals surface area (Å²) in [6.07, 6.45) is 5.51. The highest BCUT2D eigenvalue weighted by Gasteiger charge is 2.40. The smallest absolute Gasteiger partial charge is 0.257 e. The average molecular weight is 365 g/mol. The Morgan fingerprint density at radius 1 is 1.15 bits per heavy atom. The number of aromatic nitrogens is 1. The summed E-state index contributed by atoms with van der Waals surface area (Å²) in [5.74, 6) is 1.27. The molecule has 3 heterocycles. The molecule has 2 aliphatic heterocycles. The Labute approximate surface area is 161 Å². The number of hydrogen-bond acceptors (Lipinski definition) is 4. The Bertz CT molecular complexity index is 780. The van der Waals surface area contributed by atoms with Crippen LogP contribution in [0.2, 0.25) is 0 Å². The molecule has 0 aliphatic carbocycles. The largest absolute Gasteiger partial charge is 0.496 e. The first kappa shape index (κ1) is 18.0. The molecule has 0 bridgehead atoms. The number of ether oxygens (including phenoxy) is 1. The number of rotatable bonds is 4. The third-order valence-electron chi connectivity index (χ3n) is 5.86. The number of nitrogens with zero attached hydrogens (tertiary/aromatic N) is 3. The molecular formula is C22H27N3O2. The van der Waals surface area contributed by atoms with Gasteiger partial charge in [-0.2, -0.15) is 0 Å². The van der Waals surface area contributed by atoms with Gasteiger partial charge in [-0.1, -0.05) is 24.6 Å². The lowest BCUT2D eigenvalue weighted by molar-refractivity contribution is 0.0769. The molecule has 2 saturated heterocycles. The molecule has 0 saturated carbocycles. The van der Waals surface area contributed by atoms with Crippen LogP contribution < -0.4 is 4.74 Å². The van der Waals surface area contributed by atoms with Gasteiger partial charge in [0, 0.05) is 31.9 Å². The number of carbonyl (C=O) groups excluding carboxylic acids is 1. The van der Waals surface area contributed by atoms with Gasteiger partial charge in [-0.05, 0) is 49.6 Å². The molecule has 2 fully saturated rings. The third-order valence-corrected chi connectivity index (χ3v) is 5.86. The fraction of sp³-hybridized carbons (Fsp3) is 0.455. The van der Waals surface area contributed by atoms with Crippen LogP contribution in [-0.2, 0) is 6.54 Å². The molecule has 1 aromatic heterocycles. The minimum absolute atomic E-state index is 0.0818. The van der Waals surface area contributed by atoms with E-state index in [0.29, 0.717) is 23.3 Å². The number of fused-ring (bicyclic) bond motifs is 1. The fourth-order valence-electron chi connectivity index (χ4n) is 4.49.